The third-order valence-electron chi connectivity index (χ3n) is 5.07. The molecule has 0 spiro atoms. The molecule has 0 fully saturated rings. The van der Waals surface area contributed by atoms with E-state index in [1.54, 1.807) is 7.11 Å². The Kier molecular flexibility index (Phi) is 5.29. The molecule has 0 bridgehead atoms. The average molecular weight is 398 g/mol. The second-order valence-corrected chi connectivity index (χ2v) is 7.59. The molecule has 2 heterocycles. The number of hydrogen-bond donors (Lipinski definition) is 0. The first kappa shape index (κ1) is 18.8. The fraction of sp³-hybridized carbons (Fsp3) is 0.318. The first-order chi connectivity index (χ1) is 13.5. The van der Waals surface area contributed by atoms with E-state index in [4.69, 9.17) is 21.1 Å². The molecule has 0 unspecified atom stereocenters. The van der Waals surface area contributed by atoms with E-state index in [1.807, 2.05) is 36.0 Å². The molecule has 4 rings (SSSR count). The van der Waals surface area contributed by atoms with Crippen LogP contribution in [0, 0.1) is 6.92 Å². The van der Waals surface area contributed by atoms with Gasteiger partial charge in [0.1, 0.15) is 6.61 Å². The summed E-state index contributed by atoms with van der Waals surface area (Å²) in [4.78, 5) is 2.39. The van der Waals surface area contributed by atoms with Crippen LogP contribution in [0.2, 0.25) is 5.02 Å². The summed E-state index contributed by atoms with van der Waals surface area (Å²) in [5.74, 6) is 1.59. The lowest BCUT2D eigenvalue weighted by Gasteiger charge is -2.19. The predicted octanol–water partition coefficient (Wildman–Crippen LogP) is 4.45. The average Bonchev–Trinajstić information content (AvgIpc) is 2.87. The first-order valence-electron chi connectivity index (χ1n) is 9.34. The Morgan fingerprint density at radius 1 is 1.21 bits per heavy atom. The van der Waals surface area contributed by atoms with E-state index >= 15 is 0 Å². The van der Waals surface area contributed by atoms with Gasteiger partial charge in [0.25, 0.3) is 0 Å². The van der Waals surface area contributed by atoms with Crippen LogP contribution in [0.25, 0.3) is 11.1 Å². The Morgan fingerprint density at radius 3 is 2.79 bits per heavy atom. The second-order valence-electron chi connectivity index (χ2n) is 7.15. The van der Waals surface area contributed by atoms with Gasteiger partial charge in [-0.2, -0.15) is 5.10 Å². The molecule has 3 aromatic rings. The Morgan fingerprint density at radius 2 is 2.07 bits per heavy atom. The highest BCUT2D eigenvalue weighted by Crippen LogP contribution is 2.39. The molecule has 0 atom stereocenters. The van der Waals surface area contributed by atoms with Crippen molar-refractivity contribution in [3.63, 3.8) is 0 Å². The van der Waals surface area contributed by atoms with Gasteiger partial charge >= 0.3 is 0 Å². The van der Waals surface area contributed by atoms with Crippen molar-refractivity contribution in [3.05, 3.63) is 64.4 Å². The molecular weight excluding hydrogens is 374 g/mol. The van der Waals surface area contributed by atoms with Gasteiger partial charge in [-0.3, -0.25) is 9.58 Å². The van der Waals surface area contributed by atoms with Gasteiger partial charge in [-0.25, -0.2) is 0 Å². The van der Waals surface area contributed by atoms with E-state index in [0.29, 0.717) is 6.61 Å². The minimum absolute atomic E-state index is 0.624. The number of hydrogen-bond acceptors (Lipinski definition) is 4. The van der Waals surface area contributed by atoms with Crippen molar-refractivity contribution in [1.29, 1.82) is 0 Å². The highest BCUT2D eigenvalue weighted by Gasteiger charge is 2.21. The number of aryl methyl sites for hydroxylation is 2. The van der Waals surface area contributed by atoms with E-state index in [2.05, 4.69) is 35.3 Å². The van der Waals surface area contributed by atoms with Crippen molar-refractivity contribution >= 4 is 11.6 Å². The Bertz CT molecular complexity index is 999. The standard InChI is InChI=1S/C22H24ClN3O2/c1-15-19(12-25(2)24-15)14-26-7-8-28-22-18(13-26)9-17(11-21(22)27-3)16-5-4-6-20(23)10-16/h4-6,9-12H,7-8,13-14H2,1-3H3. The van der Waals surface area contributed by atoms with Crippen molar-refractivity contribution in [1.82, 2.24) is 14.7 Å². The van der Waals surface area contributed by atoms with Gasteiger partial charge in [0.05, 0.1) is 12.8 Å². The maximum absolute atomic E-state index is 6.20. The van der Waals surface area contributed by atoms with Crippen LogP contribution in [-0.2, 0) is 20.1 Å². The quantitative estimate of drug-likeness (QED) is 0.652. The molecule has 0 aliphatic carbocycles. The van der Waals surface area contributed by atoms with E-state index in [-0.39, 0.29) is 0 Å². The maximum atomic E-state index is 6.20. The predicted molar refractivity (Wildman–Crippen MR) is 111 cm³/mol. The van der Waals surface area contributed by atoms with E-state index in [1.165, 1.54) is 5.56 Å². The molecule has 146 valence electrons. The lowest BCUT2D eigenvalue weighted by molar-refractivity contribution is 0.216. The third-order valence-corrected chi connectivity index (χ3v) is 5.30. The van der Waals surface area contributed by atoms with Crippen LogP contribution in [-0.4, -0.2) is 34.9 Å². The molecule has 1 aromatic heterocycles. The first-order valence-corrected chi connectivity index (χ1v) is 9.72. The van der Waals surface area contributed by atoms with Crippen molar-refractivity contribution < 1.29 is 9.47 Å². The lowest BCUT2D eigenvalue weighted by atomic mass is 10.0. The van der Waals surface area contributed by atoms with E-state index in [0.717, 1.165) is 58.5 Å². The minimum atomic E-state index is 0.624. The number of nitrogens with zero attached hydrogens (tertiary/aromatic N) is 3. The van der Waals surface area contributed by atoms with Gasteiger partial charge in [0, 0.05) is 49.0 Å². The van der Waals surface area contributed by atoms with E-state index in [9.17, 15) is 0 Å². The molecular formula is C22H24ClN3O2. The van der Waals surface area contributed by atoms with Crippen LogP contribution in [0.4, 0.5) is 0 Å². The Labute approximate surface area is 170 Å². The van der Waals surface area contributed by atoms with Gasteiger partial charge < -0.3 is 9.47 Å². The minimum Gasteiger partial charge on any atom is -0.493 e. The SMILES string of the molecule is COc1cc(-c2cccc(Cl)c2)cc2c1OCCN(Cc1cn(C)nc1C)C2. The summed E-state index contributed by atoms with van der Waals surface area (Å²) in [6.07, 6.45) is 2.09. The monoisotopic (exact) mass is 397 g/mol. The van der Waals surface area contributed by atoms with Crippen LogP contribution in [0.15, 0.2) is 42.6 Å². The number of aromatic nitrogens is 2. The zero-order valence-electron chi connectivity index (χ0n) is 16.4. The fourth-order valence-corrected chi connectivity index (χ4v) is 3.89. The highest BCUT2D eigenvalue weighted by atomic mass is 35.5. The summed E-state index contributed by atoms with van der Waals surface area (Å²) in [6.45, 7) is 5.15. The molecule has 1 aliphatic heterocycles. The summed E-state index contributed by atoms with van der Waals surface area (Å²) in [7, 11) is 3.64. The second kappa shape index (κ2) is 7.86. The number of benzene rings is 2. The molecule has 0 N–H and O–H groups in total. The van der Waals surface area contributed by atoms with Crippen LogP contribution < -0.4 is 9.47 Å². The smallest absolute Gasteiger partial charge is 0.165 e. The van der Waals surface area contributed by atoms with Gasteiger partial charge in [-0.05, 0) is 42.3 Å². The topological polar surface area (TPSA) is 39.5 Å². The molecule has 0 saturated carbocycles. The molecule has 0 saturated heterocycles. The van der Waals surface area contributed by atoms with Crippen LogP contribution >= 0.6 is 11.6 Å². The van der Waals surface area contributed by atoms with Gasteiger partial charge in [0.15, 0.2) is 11.5 Å². The molecule has 28 heavy (non-hydrogen) atoms. The van der Waals surface area contributed by atoms with Crippen LogP contribution in [0.5, 0.6) is 11.5 Å². The van der Waals surface area contributed by atoms with Crippen molar-refractivity contribution in [2.24, 2.45) is 7.05 Å². The fourth-order valence-electron chi connectivity index (χ4n) is 3.70. The summed E-state index contributed by atoms with van der Waals surface area (Å²) in [5.41, 5.74) is 5.56. The Hall–Kier alpha value is -2.50. The molecule has 0 amide bonds. The molecule has 0 radical (unpaired) electrons. The number of halogens is 1. The summed E-state index contributed by atoms with van der Waals surface area (Å²) < 4.78 is 13.6. The summed E-state index contributed by atoms with van der Waals surface area (Å²) in [6, 6.07) is 12.1. The Balaban J connectivity index is 1.68. The molecule has 6 heteroatoms. The molecule has 2 aromatic carbocycles. The van der Waals surface area contributed by atoms with Gasteiger partial charge in [-0.15, -0.1) is 0 Å². The van der Waals surface area contributed by atoms with E-state index < -0.39 is 0 Å². The zero-order chi connectivity index (χ0) is 19.7. The largest absolute Gasteiger partial charge is 0.493 e. The maximum Gasteiger partial charge on any atom is 0.165 e. The number of rotatable bonds is 4. The number of methoxy groups -OCH3 is 1. The zero-order valence-corrected chi connectivity index (χ0v) is 17.2. The third kappa shape index (κ3) is 3.86. The van der Waals surface area contributed by atoms with Gasteiger partial charge in [0.2, 0.25) is 0 Å². The normalized spacial score (nSPS) is 14.3. The molecule has 1 aliphatic rings. The van der Waals surface area contributed by atoms with Crippen molar-refractivity contribution in [2.45, 2.75) is 20.0 Å². The highest BCUT2D eigenvalue weighted by molar-refractivity contribution is 6.30. The van der Waals surface area contributed by atoms with Crippen LogP contribution in [0.3, 0.4) is 0 Å². The number of fused-ring (bicyclic) bond motifs is 1. The number of ether oxygens (including phenoxy) is 2. The lowest BCUT2D eigenvalue weighted by Crippen LogP contribution is -2.25. The van der Waals surface area contributed by atoms with Gasteiger partial charge in [-0.1, -0.05) is 23.7 Å². The van der Waals surface area contributed by atoms with Crippen molar-refractivity contribution in [2.75, 3.05) is 20.3 Å². The molecule has 5 nitrogen and oxygen atoms in total. The summed E-state index contributed by atoms with van der Waals surface area (Å²) >= 11 is 6.20. The summed E-state index contributed by atoms with van der Waals surface area (Å²) in [5, 5.41) is 5.18. The van der Waals surface area contributed by atoms with Crippen LogP contribution in [0.1, 0.15) is 16.8 Å². The van der Waals surface area contributed by atoms with Crippen molar-refractivity contribution in [3.8, 4) is 22.6 Å².